The van der Waals surface area contributed by atoms with E-state index in [2.05, 4.69) is 29.8 Å². The van der Waals surface area contributed by atoms with E-state index in [4.69, 9.17) is 4.74 Å². The van der Waals surface area contributed by atoms with Gasteiger partial charge in [0.15, 0.2) is 0 Å². The lowest BCUT2D eigenvalue weighted by molar-refractivity contribution is -0.138. The highest BCUT2D eigenvalue weighted by Crippen LogP contribution is 2.29. The third kappa shape index (κ3) is 6.74. The SMILES string of the molecule is CCC(CC)(CBr)COCCCC(F)(F)F. The van der Waals surface area contributed by atoms with Crippen LogP contribution < -0.4 is 0 Å². The quantitative estimate of drug-likeness (QED) is 0.472. The van der Waals surface area contributed by atoms with E-state index in [1.807, 2.05) is 0 Å². The van der Waals surface area contributed by atoms with Crippen LogP contribution in [0.25, 0.3) is 0 Å². The molecule has 0 heterocycles. The molecule has 0 fully saturated rings. The monoisotopic (exact) mass is 304 g/mol. The Hall–Kier alpha value is 0.230. The van der Waals surface area contributed by atoms with E-state index in [9.17, 15) is 13.2 Å². The van der Waals surface area contributed by atoms with Gasteiger partial charge in [-0.1, -0.05) is 29.8 Å². The highest BCUT2D eigenvalue weighted by atomic mass is 79.9. The van der Waals surface area contributed by atoms with E-state index < -0.39 is 12.6 Å². The van der Waals surface area contributed by atoms with E-state index in [0.717, 1.165) is 18.2 Å². The lowest BCUT2D eigenvalue weighted by atomic mass is 9.86. The first-order chi connectivity index (χ1) is 7.39. The second kappa shape index (κ2) is 7.54. The first-order valence-corrected chi connectivity index (χ1v) is 6.72. The van der Waals surface area contributed by atoms with Gasteiger partial charge in [0, 0.05) is 23.8 Å². The predicted octanol–water partition coefficient (Wildman–Crippen LogP) is 4.55. The van der Waals surface area contributed by atoms with Crippen molar-refractivity contribution in [3.8, 4) is 0 Å². The Balaban J connectivity index is 3.71. The van der Waals surface area contributed by atoms with Crippen LogP contribution in [0.4, 0.5) is 13.2 Å². The second-order valence-electron chi connectivity index (χ2n) is 4.11. The molecule has 0 amide bonds. The normalized spacial score (nSPS) is 13.1. The molecule has 0 aliphatic rings. The van der Waals surface area contributed by atoms with E-state index in [1.54, 1.807) is 0 Å². The lowest BCUT2D eigenvalue weighted by Crippen LogP contribution is -2.27. The van der Waals surface area contributed by atoms with E-state index >= 15 is 0 Å². The summed E-state index contributed by atoms with van der Waals surface area (Å²) in [6, 6.07) is 0. The maximum atomic E-state index is 11.9. The van der Waals surface area contributed by atoms with Crippen LogP contribution in [0.2, 0.25) is 0 Å². The van der Waals surface area contributed by atoms with Gasteiger partial charge in [-0.25, -0.2) is 0 Å². The minimum absolute atomic E-state index is 0.0509. The van der Waals surface area contributed by atoms with Gasteiger partial charge < -0.3 is 4.74 Å². The summed E-state index contributed by atoms with van der Waals surface area (Å²) in [7, 11) is 0. The molecule has 0 bridgehead atoms. The van der Waals surface area contributed by atoms with Gasteiger partial charge in [0.1, 0.15) is 0 Å². The molecule has 0 atom stereocenters. The Kier molecular flexibility index (Phi) is 7.64. The van der Waals surface area contributed by atoms with Gasteiger partial charge in [-0.15, -0.1) is 0 Å². The van der Waals surface area contributed by atoms with Gasteiger partial charge in [-0.2, -0.15) is 13.2 Å². The zero-order chi connectivity index (χ0) is 12.7. The molecule has 0 unspecified atom stereocenters. The van der Waals surface area contributed by atoms with Gasteiger partial charge in [0.25, 0.3) is 0 Å². The first-order valence-electron chi connectivity index (χ1n) is 5.59. The average molecular weight is 305 g/mol. The summed E-state index contributed by atoms with van der Waals surface area (Å²) in [6.07, 6.45) is -2.84. The minimum atomic E-state index is -4.06. The summed E-state index contributed by atoms with van der Waals surface area (Å²) < 4.78 is 40.9. The van der Waals surface area contributed by atoms with Crippen molar-refractivity contribution in [3.63, 3.8) is 0 Å². The van der Waals surface area contributed by atoms with Crippen LogP contribution in [0.15, 0.2) is 0 Å². The molecule has 0 saturated heterocycles. The summed E-state index contributed by atoms with van der Waals surface area (Å²) in [5.41, 5.74) is 0.0677. The van der Waals surface area contributed by atoms with Crippen molar-refractivity contribution in [1.82, 2.24) is 0 Å². The topological polar surface area (TPSA) is 9.23 Å². The van der Waals surface area contributed by atoms with Gasteiger partial charge in [0.2, 0.25) is 0 Å². The van der Waals surface area contributed by atoms with E-state index in [1.165, 1.54) is 0 Å². The van der Waals surface area contributed by atoms with Crippen molar-refractivity contribution in [3.05, 3.63) is 0 Å². The number of ether oxygens (including phenoxy) is 1. The van der Waals surface area contributed by atoms with Crippen LogP contribution in [0, 0.1) is 5.41 Å². The highest BCUT2D eigenvalue weighted by molar-refractivity contribution is 9.09. The molecule has 1 nitrogen and oxygen atoms in total. The summed E-state index contributed by atoms with van der Waals surface area (Å²) in [5, 5.41) is 0.826. The molecule has 0 spiro atoms. The van der Waals surface area contributed by atoms with Gasteiger partial charge in [-0.3, -0.25) is 0 Å². The van der Waals surface area contributed by atoms with Crippen molar-refractivity contribution >= 4 is 15.9 Å². The van der Waals surface area contributed by atoms with Crippen LogP contribution in [-0.2, 0) is 4.74 Å². The number of alkyl halides is 4. The summed E-state index contributed by atoms with van der Waals surface area (Å²) >= 11 is 3.43. The Morgan fingerprint density at radius 2 is 1.69 bits per heavy atom. The summed E-state index contributed by atoms with van der Waals surface area (Å²) in [5.74, 6) is 0. The van der Waals surface area contributed by atoms with Gasteiger partial charge >= 0.3 is 6.18 Å². The van der Waals surface area contributed by atoms with E-state index in [-0.39, 0.29) is 18.4 Å². The predicted molar refractivity (Wildman–Crippen MR) is 62.9 cm³/mol. The molecule has 0 rings (SSSR count). The van der Waals surface area contributed by atoms with Crippen molar-refractivity contribution in [2.75, 3.05) is 18.5 Å². The number of rotatable bonds is 8. The number of hydrogen-bond acceptors (Lipinski definition) is 1. The van der Waals surface area contributed by atoms with Crippen LogP contribution in [-0.4, -0.2) is 24.7 Å². The molecule has 0 aliphatic carbocycles. The first kappa shape index (κ1) is 16.2. The standard InChI is InChI=1S/C11H20BrF3O/c1-3-10(4-2,8-12)9-16-7-5-6-11(13,14)15/h3-9H2,1-2H3. The molecule has 5 heteroatoms. The Labute approximate surface area is 104 Å². The van der Waals surface area contributed by atoms with Crippen LogP contribution >= 0.6 is 15.9 Å². The van der Waals surface area contributed by atoms with Crippen LogP contribution in [0.5, 0.6) is 0 Å². The van der Waals surface area contributed by atoms with Crippen molar-refractivity contribution < 1.29 is 17.9 Å². The van der Waals surface area contributed by atoms with Gasteiger partial charge in [0.05, 0.1) is 6.61 Å². The highest BCUT2D eigenvalue weighted by Gasteiger charge is 2.27. The Morgan fingerprint density at radius 3 is 2.06 bits per heavy atom. The maximum Gasteiger partial charge on any atom is 0.389 e. The molecule has 0 aromatic heterocycles. The largest absolute Gasteiger partial charge is 0.389 e. The third-order valence-corrected chi connectivity index (χ3v) is 4.13. The van der Waals surface area contributed by atoms with Crippen LogP contribution in [0.1, 0.15) is 39.5 Å². The Bertz CT molecular complexity index is 170. The van der Waals surface area contributed by atoms with Crippen molar-refractivity contribution in [2.24, 2.45) is 5.41 Å². The molecule has 0 aromatic carbocycles. The lowest BCUT2D eigenvalue weighted by Gasteiger charge is -2.29. The molecule has 0 N–H and O–H groups in total. The smallest absolute Gasteiger partial charge is 0.381 e. The molecule has 16 heavy (non-hydrogen) atoms. The van der Waals surface area contributed by atoms with Gasteiger partial charge in [-0.05, 0) is 19.3 Å². The zero-order valence-electron chi connectivity index (χ0n) is 9.87. The number of hydrogen-bond donors (Lipinski definition) is 0. The molecule has 0 radical (unpaired) electrons. The fraction of sp³-hybridized carbons (Fsp3) is 1.00. The molecule has 0 saturated carbocycles. The zero-order valence-corrected chi connectivity index (χ0v) is 11.5. The molecule has 98 valence electrons. The van der Waals surface area contributed by atoms with Crippen molar-refractivity contribution in [2.45, 2.75) is 45.7 Å². The summed E-state index contributed by atoms with van der Waals surface area (Å²) in [6.45, 7) is 4.87. The molecule has 0 aromatic rings. The maximum absolute atomic E-state index is 11.9. The Morgan fingerprint density at radius 1 is 1.12 bits per heavy atom. The third-order valence-electron chi connectivity index (χ3n) is 2.94. The molecule has 0 aliphatic heterocycles. The van der Waals surface area contributed by atoms with E-state index in [0.29, 0.717) is 6.61 Å². The molecular formula is C11H20BrF3O. The number of halogens is 4. The van der Waals surface area contributed by atoms with Crippen LogP contribution in [0.3, 0.4) is 0 Å². The average Bonchev–Trinajstić information content (AvgIpc) is 2.23. The summed E-state index contributed by atoms with van der Waals surface area (Å²) in [4.78, 5) is 0. The fourth-order valence-corrected chi connectivity index (χ4v) is 2.30. The fourth-order valence-electron chi connectivity index (χ4n) is 1.35. The molecular weight excluding hydrogens is 285 g/mol. The second-order valence-corrected chi connectivity index (χ2v) is 4.67. The van der Waals surface area contributed by atoms with Crippen molar-refractivity contribution in [1.29, 1.82) is 0 Å². The minimum Gasteiger partial charge on any atom is -0.381 e.